The molecular formula is C11H14N6. The van der Waals surface area contributed by atoms with Gasteiger partial charge in [-0.2, -0.15) is 15.0 Å². The van der Waals surface area contributed by atoms with E-state index in [9.17, 15) is 0 Å². The maximum atomic E-state index is 5.52. The summed E-state index contributed by atoms with van der Waals surface area (Å²) in [7, 11) is 1.88. The van der Waals surface area contributed by atoms with Crippen molar-refractivity contribution in [3.05, 3.63) is 35.9 Å². The average molecular weight is 230 g/mol. The Hall–Kier alpha value is -2.37. The number of nitrogens with two attached hydrogens (primary N) is 2. The lowest BCUT2D eigenvalue weighted by Crippen LogP contribution is -2.20. The first-order chi connectivity index (χ1) is 8.15. The Morgan fingerprint density at radius 3 is 2.18 bits per heavy atom. The largest absolute Gasteiger partial charge is 0.368 e. The van der Waals surface area contributed by atoms with Crippen LogP contribution in [-0.2, 0) is 6.54 Å². The number of aromatic nitrogens is 3. The van der Waals surface area contributed by atoms with Crippen LogP contribution in [-0.4, -0.2) is 22.0 Å². The summed E-state index contributed by atoms with van der Waals surface area (Å²) in [5, 5.41) is 0. The molecule has 0 spiro atoms. The molecule has 88 valence electrons. The Kier molecular flexibility index (Phi) is 3.04. The fourth-order valence-electron chi connectivity index (χ4n) is 1.50. The molecule has 17 heavy (non-hydrogen) atoms. The molecule has 0 amide bonds. The van der Waals surface area contributed by atoms with Crippen LogP contribution in [0, 0.1) is 0 Å². The number of hydrogen-bond donors (Lipinski definition) is 2. The molecule has 4 N–H and O–H groups in total. The Morgan fingerprint density at radius 2 is 1.59 bits per heavy atom. The highest BCUT2D eigenvalue weighted by Gasteiger charge is 2.07. The van der Waals surface area contributed by atoms with Gasteiger partial charge >= 0.3 is 0 Å². The van der Waals surface area contributed by atoms with Gasteiger partial charge in [-0.15, -0.1) is 0 Å². The van der Waals surface area contributed by atoms with E-state index >= 15 is 0 Å². The van der Waals surface area contributed by atoms with Crippen molar-refractivity contribution in [3.8, 4) is 0 Å². The van der Waals surface area contributed by atoms with Crippen LogP contribution < -0.4 is 16.4 Å². The van der Waals surface area contributed by atoms with Crippen molar-refractivity contribution in [1.82, 2.24) is 15.0 Å². The number of hydrogen-bond acceptors (Lipinski definition) is 6. The lowest BCUT2D eigenvalue weighted by atomic mass is 10.2. The van der Waals surface area contributed by atoms with Gasteiger partial charge in [0.15, 0.2) is 0 Å². The predicted octanol–water partition coefficient (Wildman–Crippen LogP) is 0.672. The average Bonchev–Trinajstić information content (AvgIpc) is 2.29. The summed E-state index contributed by atoms with van der Waals surface area (Å²) < 4.78 is 0. The first-order valence-corrected chi connectivity index (χ1v) is 5.17. The molecule has 2 aromatic rings. The maximum Gasteiger partial charge on any atom is 0.231 e. The zero-order valence-electron chi connectivity index (χ0n) is 9.54. The number of benzene rings is 1. The summed E-state index contributed by atoms with van der Waals surface area (Å²) in [5.41, 5.74) is 12.2. The number of anilines is 3. The van der Waals surface area contributed by atoms with E-state index in [2.05, 4.69) is 15.0 Å². The normalized spacial score (nSPS) is 10.2. The van der Waals surface area contributed by atoms with E-state index in [4.69, 9.17) is 11.5 Å². The van der Waals surface area contributed by atoms with E-state index < -0.39 is 0 Å². The van der Waals surface area contributed by atoms with Crippen molar-refractivity contribution >= 4 is 17.8 Å². The Bertz CT molecular complexity index is 478. The third-order valence-corrected chi connectivity index (χ3v) is 2.26. The second kappa shape index (κ2) is 4.65. The zero-order valence-corrected chi connectivity index (χ0v) is 9.54. The monoisotopic (exact) mass is 230 g/mol. The van der Waals surface area contributed by atoms with Crippen molar-refractivity contribution < 1.29 is 0 Å². The number of rotatable bonds is 3. The molecule has 1 aromatic heterocycles. The summed E-state index contributed by atoms with van der Waals surface area (Å²) in [5.74, 6) is 0.735. The van der Waals surface area contributed by atoms with Gasteiger partial charge in [-0.3, -0.25) is 0 Å². The van der Waals surface area contributed by atoms with Crippen LogP contribution >= 0.6 is 0 Å². The molecule has 0 atom stereocenters. The van der Waals surface area contributed by atoms with Gasteiger partial charge in [-0.1, -0.05) is 30.3 Å². The van der Waals surface area contributed by atoms with Crippen molar-refractivity contribution in [2.75, 3.05) is 23.4 Å². The lowest BCUT2D eigenvalue weighted by Gasteiger charge is -2.17. The predicted molar refractivity (Wildman–Crippen MR) is 67.2 cm³/mol. The molecule has 0 unspecified atom stereocenters. The SMILES string of the molecule is CN(Cc1ccccc1)c1nc(N)nc(N)n1. The third kappa shape index (κ3) is 2.81. The van der Waals surface area contributed by atoms with Gasteiger partial charge in [0.1, 0.15) is 0 Å². The molecule has 2 rings (SSSR count). The van der Waals surface area contributed by atoms with Crippen LogP contribution in [0.25, 0.3) is 0 Å². The summed E-state index contributed by atoms with van der Waals surface area (Å²) in [6, 6.07) is 10.0. The summed E-state index contributed by atoms with van der Waals surface area (Å²) >= 11 is 0. The van der Waals surface area contributed by atoms with Crippen LogP contribution in [0.1, 0.15) is 5.56 Å². The highest BCUT2D eigenvalue weighted by Crippen LogP contribution is 2.11. The quantitative estimate of drug-likeness (QED) is 0.805. The number of nitrogens with zero attached hydrogens (tertiary/aromatic N) is 4. The smallest absolute Gasteiger partial charge is 0.231 e. The van der Waals surface area contributed by atoms with Gasteiger partial charge < -0.3 is 16.4 Å². The van der Waals surface area contributed by atoms with E-state index in [1.165, 1.54) is 0 Å². The van der Waals surface area contributed by atoms with Gasteiger partial charge in [-0.25, -0.2) is 0 Å². The van der Waals surface area contributed by atoms with Crippen LogP contribution in [0.4, 0.5) is 17.8 Å². The number of nitrogen functional groups attached to an aromatic ring is 2. The van der Waals surface area contributed by atoms with Crippen LogP contribution in [0.3, 0.4) is 0 Å². The highest BCUT2D eigenvalue weighted by molar-refractivity contribution is 5.39. The zero-order chi connectivity index (χ0) is 12.3. The van der Waals surface area contributed by atoms with Gasteiger partial charge in [0.05, 0.1) is 0 Å². The first kappa shape index (κ1) is 11.1. The van der Waals surface area contributed by atoms with E-state index in [0.717, 1.165) is 5.56 Å². The first-order valence-electron chi connectivity index (χ1n) is 5.17. The molecule has 1 aromatic carbocycles. The molecule has 1 heterocycles. The van der Waals surface area contributed by atoms with Gasteiger partial charge in [0, 0.05) is 13.6 Å². The van der Waals surface area contributed by atoms with Crippen molar-refractivity contribution in [1.29, 1.82) is 0 Å². The Morgan fingerprint density at radius 1 is 1.00 bits per heavy atom. The van der Waals surface area contributed by atoms with E-state index in [1.54, 1.807) is 0 Å². The van der Waals surface area contributed by atoms with Crippen molar-refractivity contribution in [2.24, 2.45) is 0 Å². The summed E-state index contributed by atoms with van der Waals surface area (Å²) in [6.45, 7) is 0.684. The maximum absolute atomic E-state index is 5.52. The summed E-state index contributed by atoms with van der Waals surface area (Å²) in [4.78, 5) is 13.7. The van der Waals surface area contributed by atoms with Crippen molar-refractivity contribution in [3.63, 3.8) is 0 Å². The highest BCUT2D eigenvalue weighted by atomic mass is 15.3. The van der Waals surface area contributed by atoms with Crippen LogP contribution in [0.5, 0.6) is 0 Å². The fourth-order valence-corrected chi connectivity index (χ4v) is 1.50. The molecular weight excluding hydrogens is 216 g/mol. The van der Waals surface area contributed by atoms with Crippen LogP contribution in [0.15, 0.2) is 30.3 Å². The van der Waals surface area contributed by atoms with Crippen LogP contribution in [0.2, 0.25) is 0 Å². The topological polar surface area (TPSA) is 94.0 Å². The minimum absolute atomic E-state index is 0.132. The molecule has 0 saturated carbocycles. The lowest BCUT2D eigenvalue weighted by molar-refractivity contribution is 0.860. The fraction of sp³-hybridized carbons (Fsp3) is 0.182. The minimum Gasteiger partial charge on any atom is -0.368 e. The van der Waals surface area contributed by atoms with E-state index in [0.29, 0.717) is 12.5 Å². The molecule has 0 aliphatic heterocycles. The second-order valence-corrected chi connectivity index (χ2v) is 3.69. The summed E-state index contributed by atoms with van der Waals surface area (Å²) in [6.07, 6.45) is 0. The molecule has 0 aliphatic carbocycles. The third-order valence-electron chi connectivity index (χ3n) is 2.26. The molecule has 0 fully saturated rings. The van der Waals surface area contributed by atoms with E-state index in [1.807, 2.05) is 42.3 Å². The Labute approximate surface area is 99.3 Å². The Balaban J connectivity index is 2.17. The molecule has 6 heteroatoms. The second-order valence-electron chi connectivity index (χ2n) is 3.69. The van der Waals surface area contributed by atoms with Gasteiger partial charge in [-0.05, 0) is 5.56 Å². The van der Waals surface area contributed by atoms with E-state index in [-0.39, 0.29) is 11.9 Å². The molecule has 6 nitrogen and oxygen atoms in total. The molecule has 0 radical (unpaired) electrons. The van der Waals surface area contributed by atoms with Crippen molar-refractivity contribution in [2.45, 2.75) is 6.54 Å². The van der Waals surface area contributed by atoms with Gasteiger partial charge in [0.2, 0.25) is 17.8 Å². The minimum atomic E-state index is 0.132. The molecule has 0 aliphatic rings. The molecule has 0 saturated heterocycles. The van der Waals surface area contributed by atoms with Gasteiger partial charge in [0.25, 0.3) is 0 Å². The standard InChI is InChI=1S/C11H14N6/c1-17(7-8-5-3-2-4-6-8)11-15-9(12)14-10(13)16-11/h2-6H,7H2,1H3,(H4,12,13,14,15,16). The molecule has 0 bridgehead atoms.